The van der Waals surface area contributed by atoms with E-state index in [2.05, 4.69) is 20.8 Å². The Balaban J connectivity index is 2.17. The van der Waals surface area contributed by atoms with E-state index in [4.69, 9.17) is 0 Å². The SMILES string of the molecule is Cc1cc(C=O)c(C)n1-c1sc2c(c1C(=O)O)CCC(C(C)(C)C)C2. The first-order valence-corrected chi connectivity index (χ1v) is 9.49. The average Bonchev–Trinajstić information content (AvgIpc) is 3.02. The zero-order chi connectivity index (χ0) is 18.5. The molecule has 25 heavy (non-hydrogen) atoms. The second-order valence-electron chi connectivity index (χ2n) is 8.07. The highest BCUT2D eigenvalue weighted by molar-refractivity contribution is 7.15. The van der Waals surface area contributed by atoms with Gasteiger partial charge in [-0.2, -0.15) is 0 Å². The summed E-state index contributed by atoms with van der Waals surface area (Å²) >= 11 is 1.58. The molecule has 3 rings (SSSR count). The fourth-order valence-electron chi connectivity index (χ4n) is 3.91. The number of carbonyl (C=O) groups excluding carboxylic acids is 1. The van der Waals surface area contributed by atoms with Crippen LogP contribution >= 0.6 is 11.3 Å². The molecule has 2 heterocycles. The maximum Gasteiger partial charge on any atom is 0.339 e. The van der Waals surface area contributed by atoms with Crippen LogP contribution in [0.2, 0.25) is 0 Å². The Morgan fingerprint density at radius 1 is 1.36 bits per heavy atom. The third-order valence-corrected chi connectivity index (χ3v) is 6.73. The van der Waals surface area contributed by atoms with Crippen LogP contribution in [0.5, 0.6) is 0 Å². The number of aromatic carboxylic acids is 1. The zero-order valence-electron chi connectivity index (χ0n) is 15.5. The van der Waals surface area contributed by atoms with E-state index in [1.54, 1.807) is 11.3 Å². The molecule has 0 spiro atoms. The molecule has 0 fully saturated rings. The molecule has 1 aliphatic carbocycles. The van der Waals surface area contributed by atoms with E-state index in [-0.39, 0.29) is 5.41 Å². The van der Waals surface area contributed by atoms with Gasteiger partial charge in [-0.05, 0) is 56.1 Å². The molecule has 0 saturated heterocycles. The monoisotopic (exact) mass is 359 g/mol. The summed E-state index contributed by atoms with van der Waals surface area (Å²) < 4.78 is 1.93. The van der Waals surface area contributed by atoms with E-state index < -0.39 is 5.97 Å². The highest BCUT2D eigenvalue weighted by Gasteiger charge is 2.34. The number of hydrogen-bond donors (Lipinski definition) is 1. The summed E-state index contributed by atoms with van der Waals surface area (Å²) in [5.74, 6) is -0.313. The van der Waals surface area contributed by atoms with Crippen molar-refractivity contribution in [1.82, 2.24) is 4.57 Å². The lowest BCUT2D eigenvalue weighted by Gasteiger charge is -2.33. The molecular weight excluding hydrogens is 334 g/mol. The van der Waals surface area contributed by atoms with Crippen LogP contribution in [-0.2, 0) is 12.8 Å². The van der Waals surface area contributed by atoms with Crippen molar-refractivity contribution in [3.63, 3.8) is 0 Å². The fraction of sp³-hybridized carbons (Fsp3) is 0.500. The fourth-order valence-corrected chi connectivity index (χ4v) is 5.44. The normalized spacial score (nSPS) is 17.4. The van der Waals surface area contributed by atoms with Crippen LogP contribution in [0.1, 0.15) is 69.7 Å². The van der Waals surface area contributed by atoms with Crippen LogP contribution in [-0.4, -0.2) is 21.9 Å². The lowest BCUT2D eigenvalue weighted by Crippen LogP contribution is -2.26. The second-order valence-corrected chi connectivity index (χ2v) is 9.16. The molecule has 134 valence electrons. The van der Waals surface area contributed by atoms with Crippen molar-refractivity contribution in [2.45, 2.75) is 53.9 Å². The standard InChI is InChI=1S/C20H25NO3S/c1-11-8-13(10-22)12(2)21(11)18-17(19(23)24)15-7-6-14(20(3,4)5)9-16(15)25-18/h8,10,14H,6-7,9H2,1-5H3,(H,23,24). The van der Waals surface area contributed by atoms with Crippen LogP contribution in [0.15, 0.2) is 6.07 Å². The number of fused-ring (bicyclic) bond motifs is 1. The van der Waals surface area contributed by atoms with Crippen LogP contribution in [0.3, 0.4) is 0 Å². The van der Waals surface area contributed by atoms with Gasteiger partial charge in [0.2, 0.25) is 0 Å². The van der Waals surface area contributed by atoms with Crippen LogP contribution in [0.4, 0.5) is 0 Å². The van der Waals surface area contributed by atoms with Gasteiger partial charge in [0.25, 0.3) is 0 Å². The zero-order valence-corrected chi connectivity index (χ0v) is 16.3. The van der Waals surface area contributed by atoms with E-state index in [0.717, 1.165) is 47.5 Å². The number of rotatable bonds is 3. The largest absolute Gasteiger partial charge is 0.478 e. The Morgan fingerprint density at radius 2 is 2.04 bits per heavy atom. The van der Waals surface area contributed by atoms with E-state index in [9.17, 15) is 14.7 Å². The topological polar surface area (TPSA) is 59.3 Å². The number of nitrogens with zero attached hydrogens (tertiary/aromatic N) is 1. The van der Waals surface area contributed by atoms with Crippen molar-refractivity contribution in [3.05, 3.63) is 39.0 Å². The van der Waals surface area contributed by atoms with Gasteiger partial charge in [-0.15, -0.1) is 11.3 Å². The number of aldehydes is 1. The average molecular weight is 359 g/mol. The van der Waals surface area contributed by atoms with Gasteiger partial charge in [0.05, 0.1) is 5.56 Å². The van der Waals surface area contributed by atoms with Gasteiger partial charge in [0, 0.05) is 21.8 Å². The number of aromatic nitrogens is 1. The van der Waals surface area contributed by atoms with Gasteiger partial charge >= 0.3 is 5.97 Å². The summed E-state index contributed by atoms with van der Waals surface area (Å²) in [6, 6.07) is 1.82. The van der Waals surface area contributed by atoms with Gasteiger partial charge in [-0.3, -0.25) is 4.79 Å². The Hall–Kier alpha value is -1.88. The first kappa shape index (κ1) is 17.9. The van der Waals surface area contributed by atoms with Crippen LogP contribution in [0, 0.1) is 25.2 Å². The maximum atomic E-state index is 12.0. The predicted molar refractivity (Wildman–Crippen MR) is 100 cm³/mol. The van der Waals surface area contributed by atoms with Crippen LogP contribution < -0.4 is 0 Å². The number of carboxylic acids is 1. The molecule has 2 aromatic rings. The summed E-state index contributed by atoms with van der Waals surface area (Å²) in [6.45, 7) is 10.6. The van der Waals surface area contributed by atoms with Crippen LogP contribution in [0.25, 0.3) is 5.00 Å². The number of carbonyl (C=O) groups is 2. The molecule has 0 aliphatic heterocycles. The molecule has 0 aromatic carbocycles. The minimum atomic E-state index is -0.873. The molecule has 1 unspecified atom stereocenters. The minimum absolute atomic E-state index is 0.217. The molecule has 1 atom stereocenters. The molecule has 0 radical (unpaired) electrons. The number of hydrogen-bond acceptors (Lipinski definition) is 3. The molecule has 1 aliphatic rings. The van der Waals surface area contributed by atoms with E-state index in [1.807, 2.05) is 24.5 Å². The third kappa shape index (κ3) is 2.95. The van der Waals surface area contributed by atoms with E-state index in [1.165, 1.54) is 4.88 Å². The highest BCUT2D eigenvalue weighted by Crippen LogP contribution is 2.44. The molecule has 0 bridgehead atoms. The lowest BCUT2D eigenvalue weighted by molar-refractivity contribution is 0.0695. The quantitative estimate of drug-likeness (QED) is 0.800. The van der Waals surface area contributed by atoms with Crippen molar-refractivity contribution in [2.75, 3.05) is 0 Å². The van der Waals surface area contributed by atoms with Crippen molar-refractivity contribution in [3.8, 4) is 5.00 Å². The van der Waals surface area contributed by atoms with Gasteiger partial charge in [0.15, 0.2) is 6.29 Å². The summed E-state index contributed by atoms with van der Waals surface area (Å²) in [6.07, 6.45) is 3.61. The van der Waals surface area contributed by atoms with Gasteiger partial charge < -0.3 is 9.67 Å². The Morgan fingerprint density at radius 3 is 2.56 bits per heavy atom. The van der Waals surface area contributed by atoms with Crippen molar-refractivity contribution >= 4 is 23.6 Å². The summed E-state index contributed by atoms with van der Waals surface area (Å²) in [7, 11) is 0. The minimum Gasteiger partial charge on any atom is -0.478 e. The molecule has 0 amide bonds. The first-order valence-electron chi connectivity index (χ1n) is 8.67. The molecule has 5 heteroatoms. The summed E-state index contributed by atoms with van der Waals surface area (Å²) in [4.78, 5) is 24.5. The molecule has 2 aromatic heterocycles. The summed E-state index contributed by atoms with van der Waals surface area (Å²) in [5, 5.41) is 10.6. The van der Waals surface area contributed by atoms with E-state index in [0.29, 0.717) is 17.0 Å². The highest BCUT2D eigenvalue weighted by atomic mass is 32.1. The third-order valence-electron chi connectivity index (χ3n) is 5.49. The Kier molecular flexibility index (Phi) is 4.40. The first-order chi connectivity index (χ1) is 11.6. The van der Waals surface area contributed by atoms with Gasteiger partial charge in [-0.1, -0.05) is 20.8 Å². The molecular formula is C20H25NO3S. The molecule has 1 N–H and O–H groups in total. The molecule has 4 nitrogen and oxygen atoms in total. The van der Waals surface area contributed by atoms with Gasteiger partial charge in [-0.25, -0.2) is 4.79 Å². The lowest BCUT2D eigenvalue weighted by atomic mass is 9.72. The number of carboxylic acid groups (broad SMARTS) is 1. The van der Waals surface area contributed by atoms with E-state index >= 15 is 0 Å². The summed E-state index contributed by atoms with van der Waals surface area (Å²) in [5.41, 5.74) is 3.96. The smallest absolute Gasteiger partial charge is 0.339 e. The molecule has 0 saturated carbocycles. The van der Waals surface area contributed by atoms with Crippen molar-refractivity contribution < 1.29 is 14.7 Å². The van der Waals surface area contributed by atoms with Gasteiger partial charge in [0.1, 0.15) is 5.00 Å². The van der Waals surface area contributed by atoms with Crippen molar-refractivity contribution in [1.29, 1.82) is 0 Å². The Bertz CT molecular complexity index is 851. The van der Waals surface area contributed by atoms with Crippen molar-refractivity contribution in [2.24, 2.45) is 11.3 Å². The predicted octanol–water partition coefficient (Wildman–Crippen LogP) is 4.82. The second kappa shape index (κ2) is 6.13. The number of thiophene rings is 1. The Labute approximate surface area is 152 Å². The maximum absolute atomic E-state index is 12.0. The number of aryl methyl sites for hydroxylation is 1.